The van der Waals surface area contributed by atoms with Crippen molar-refractivity contribution in [2.45, 2.75) is 18.5 Å². The lowest BCUT2D eigenvalue weighted by Gasteiger charge is -2.11. The summed E-state index contributed by atoms with van der Waals surface area (Å²) in [6.45, 7) is 6.87. The number of benzene rings is 3. The molecule has 0 saturated carbocycles. The molecule has 5 rings (SSSR count). The van der Waals surface area contributed by atoms with Crippen molar-refractivity contribution in [3.05, 3.63) is 117 Å². The summed E-state index contributed by atoms with van der Waals surface area (Å²) in [6, 6.07) is 3.50. The van der Waals surface area contributed by atoms with Crippen LogP contribution in [-0.2, 0) is 18.5 Å². The first kappa shape index (κ1) is 30.7. The van der Waals surface area contributed by atoms with E-state index < -0.39 is 107 Å². The Balaban J connectivity index is 1.97. The molecule has 0 amide bonds. The van der Waals surface area contributed by atoms with Crippen LogP contribution in [0.1, 0.15) is 22.3 Å². The van der Waals surface area contributed by atoms with Crippen LogP contribution in [-0.4, -0.2) is 9.13 Å². The molecule has 0 atom stereocenters. The van der Waals surface area contributed by atoms with E-state index in [9.17, 15) is 58.7 Å². The molecular weight excluding hydrogens is 634 g/mol. The molecule has 0 aliphatic heterocycles. The molecule has 228 valence electrons. The minimum absolute atomic E-state index is 0.0716. The van der Waals surface area contributed by atoms with Crippen LogP contribution in [0, 0.1) is 23.7 Å². The fourth-order valence-corrected chi connectivity index (χ4v) is 4.92. The van der Waals surface area contributed by atoms with E-state index in [1.165, 1.54) is 6.07 Å². The summed E-state index contributed by atoms with van der Waals surface area (Å²) in [5, 5.41) is 1.79. The minimum atomic E-state index is -5.83. The van der Waals surface area contributed by atoms with Crippen molar-refractivity contribution in [2.75, 3.05) is 0 Å². The van der Waals surface area contributed by atoms with E-state index in [-0.39, 0.29) is 21.3 Å². The predicted octanol–water partition coefficient (Wildman–Crippen LogP) is 5.51. The summed E-state index contributed by atoms with van der Waals surface area (Å²) in [6.07, 6.45) is -16.3. The number of hydrogen-bond acceptors (Lipinski definition) is 5. The zero-order chi connectivity index (χ0) is 33.5. The molecule has 0 bridgehead atoms. The van der Waals surface area contributed by atoms with Gasteiger partial charge in [-0.2, -0.15) is 44.8 Å². The molecule has 0 fully saturated rings. The summed E-state index contributed by atoms with van der Waals surface area (Å²) in [7, 11) is 0. The van der Waals surface area contributed by atoms with Gasteiger partial charge < -0.3 is 0 Å². The van der Waals surface area contributed by atoms with Gasteiger partial charge in [0.1, 0.15) is 5.82 Å². The van der Waals surface area contributed by atoms with Crippen molar-refractivity contribution in [1.82, 2.24) is 9.13 Å². The first-order valence-corrected chi connectivity index (χ1v) is 11.7. The second-order valence-electron chi connectivity index (χ2n) is 9.23. The van der Waals surface area contributed by atoms with Crippen molar-refractivity contribution in [3.8, 4) is 17.4 Å². The van der Waals surface area contributed by atoms with Crippen LogP contribution in [0.2, 0.25) is 0 Å². The second-order valence-corrected chi connectivity index (χ2v) is 9.23. The average Bonchev–Trinajstić information content (AvgIpc) is 3.35. The topological polar surface area (TPSA) is 106 Å². The summed E-state index contributed by atoms with van der Waals surface area (Å²) in [4.78, 5) is 55.5. The van der Waals surface area contributed by atoms with Crippen molar-refractivity contribution < 1.29 is 43.9 Å². The van der Waals surface area contributed by atoms with E-state index in [1.54, 1.807) is 0 Å². The molecule has 2 heterocycles. The summed E-state index contributed by atoms with van der Waals surface area (Å²) < 4.78 is 140. The lowest BCUT2D eigenvalue weighted by Crippen LogP contribution is -2.26. The van der Waals surface area contributed by atoms with Crippen LogP contribution < -0.4 is 22.2 Å². The standard InChI is InChI=1S/C27H6F10N4O4/c1-39-14-5-4-11(7-13(14)26(32,33)34)41-22(43)16-18(24(41)45)20(28)17-15(19(16)27(35,36)37)21(42)40(23(17)44)10-3-2-9(8-38)12(6-10)25(29,30)31/h2-7H. The third-order valence-corrected chi connectivity index (χ3v) is 6.74. The van der Waals surface area contributed by atoms with Gasteiger partial charge >= 0.3 is 18.5 Å². The van der Waals surface area contributed by atoms with Gasteiger partial charge in [0, 0.05) is 0 Å². The molecule has 0 unspecified atom stereocenters. The largest absolute Gasteiger partial charge is 0.418 e. The number of halogens is 10. The molecular formula is C27H6F10N4O4. The molecule has 0 aliphatic carbocycles. The SMILES string of the molecule is [C-]#[N+]c1ccc(-n2c(=O)c3c(F)c4c(=O)n(-c5ccc(C#N)c(C(F)(F)F)c5)c(=O)c4c(C(F)(F)F)c3c2=O)cc1C(F)(F)F. The zero-order valence-corrected chi connectivity index (χ0v) is 21.2. The molecule has 0 aliphatic rings. The van der Waals surface area contributed by atoms with Gasteiger partial charge in [-0.3, -0.25) is 19.2 Å². The van der Waals surface area contributed by atoms with E-state index in [1.807, 2.05) is 0 Å². The molecule has 0 radical (unpaired) electrons. The lowest BCUT2D eigenvalue weighted by molar-refractivity contribution is -0.138. The number of nitriles is 1. The van der Waals surface area contributed by atoms with Crippen LogP contribution >= 0.6 is 0 Å². The Morgan fingerprint density at radius 2 is 1.07 bits per heavy atom. The first-order valence-electron chi connectivity index (χ1n) is 11.7. The van der Waals surface area contributed by atoms with Crippen LogP contribution in [0.5, 0.6) is 0 Å². The molecule has 0 saturated heterocycles. The highest BCUT2D eigenvalue weighted by Crippen LogP contribution is 2.40. The van der Waals surface area contributed by atoms with Crippen LogP contribution in [0.25, 0.3) is 37.8 Å². The number of nitrogens with zero attached hydrogens (tertiary/aromatic N) is 4. The minimum Gasteiger partial charge on any atom is -0.268 e. The molecule has 0 N–H and O–H groups in total. The van der Waals surface area contributed by atoms with Gasteiger partial charge in [-0.1, -0.05) is 6.07 Å². The normalized spacial score (nSPS) is 12.5. The third-order valence-electron chi connectivity index (χ3n) is 6.74. The van der Waals surface area contributed by atoms with Crippen molar-refractivity contribution in [3.63, 3.8) is 0 Å². The summed E-state index contributed by atoms with van der Waals surface area (Å²) in [5.74, 6) is -2.17. The fraction of sp³-hybridized carbons (Fsp3) is 0.111. The van der Waals surface area contributed by atoms with Crippen LogP contribution in [0.4, 0.5) is 49.6 Å². The van der Waals surface area contributed by atoms with Crippen molar-refractivity contribution in [2.24, 2.45) is 0 Å². The molecule has 18 heteroatoms. The second kappa shape index (κ2) is 9.61. The summed E-state index contributed by atoms with van der Waals surface area (Å²) in [5.41, 5.74) is -17.9. The maximum Gasteiger partial charge on any atom is 0.418 e. The Bertz CT molecular complexity index is 2250. The van der Waals surface area contributed by atoms with Crippen molar-refractivity contribution in [1.29, 1.82) is 5.26 Å². The Kier molecular flexibility index (Phi) is 6.55. The average molecular weight is 640 g/mol. The van der Waals surface area contributed by atoms with Gasteiger partial charge in [-0.05, 0) is 30.3 Å². The van der Waals surface area contributed by atoms with E-state index >= 15 is 4.39 Å². The summed E-state index contributed by atoms with van der Waals surface area (Å²) >= 11 is 0. The number of alkyl halides is 9. The monoisotopic (exact) mass is 640 g/mol. The molecule has 0 spiro atoms. The number of aromatic nitrogens is 2. The Hall–Kier alpha value is -5.78. The Labute approximate surface area is 239 Å². The van der Waals surface area contributed by atoms with Gasteiger partial charge in [0.15, 0.2) is 5.69 Å². The maximum atomic E-state index is 15.8. The quantitative estimate of drug-likeness (QED) is 0.187. The van der Waals surface area contributed by atoms with E-state index in [0.29, 0.717) is 24.3 Å². The van der Waals surface area contributed by atoms with Gasteiger partial charge in [0.2, 0.25) is 0 Å². The van der Waals surface area contributed by atoms with Gasteiger partial charge in [-0.25, -0.2) is 18.4 Å². The van der Waals surface area contributed by atoms with Crippen LogP contribution in [0.15, 0.2) is 55.6 Å². The highest BCUT2D eigenvalue weighted by molar-refractivity contribution is 6.03. The molecule has 8 nitrogen and oxygen atoms in total. The van der Waals surface area contributed by atoms with Gasteiger partial charge in [-0.15, -0.1) is 0 Å². The smallest absolute Gasteiger partial charge is 0.268 e. The zero-order valence-electron chi connectivity index (χ0n) is 21.2. The molecule has 2 aromatic heterocycles. The van der Waals surface area contributed by atoms with Gasteiger partial charge in [0.05, 0.1) is 67.8 Å². The predicted molar refractivity (Wildman–Crippen MR) is 134 cm³/mol. The van der Waals surface area contributed by atoms with E-state index in [4.69, 9.17) is 11.8 Å². The Morgan fingerprint density at radius 1 is 0.644 bits per heavy atom. The molecule has 5 aromatic rings. The molecule has 3 aromatic carbocycles. The number of rotatable bonds is 2. The highest BCUT2D eigenvalue weighted by atomic mass is 19.4. The maximum absolute atomic E-state index is 15.8. The molecule has 45 heavy (non-hydrogen) atoms. The number of fused-ring (bicyclic) bond motifs is 2. The third kappa shape index (κ3) is 4.44. The fourth-order valence-electron chi connectivity index (χ4n) is 4.92. The van der Waals surface area contributed by atoms with Crippen LogP contribution in [0.3, 0.4) is 0 Å². The van der Waals surface area contributed by atoms with E-state index in [2.05, 4.69) is 4.85 Å². The van der Waals surface area contributed by atoms with Crippen molar-refractivity contribution >= 4 is 27.2 Å². The van der Waals surface area contributed by atoms with E-state index in [0.717, 1.165) is 0 Å². The highest BCUT2D eigenvalue weighted by Gasteiger charge is 2.43. The number of hydrogen-bond donors (Lipinski definition) is 0. The first-order chi connectivity index (χ1) is 20.7. The Morgan fingerprint density at radius 3 is 1.47 bits per heavy atom. The van der Waals surface area contributed by atoms with Gasteiger partial charge in [0.25, 0.3) is 22.2 Å². The lowest BCUT2D eigenvalue weighted by atomic mass is 10.0.